The van der Waals surface area contributed by atoms with Gasteiger partial charge in [-0.3, -0.25) is 4.79 Å². The Balaban J connectivity index is 2.42. The summed E-state index contributed by atoms with van der Waals surface area (Å²) in [4.78, 5) is 12.8. The summed E-state index contributed by atoms with van der Waals surface area (Å²) in [7, 11) is -2.49. The summed E-state index contributed by atoms with van der Waals surface area (Å²) in [5.74, 6) is -2.60. The van der Waals surface area contributed by atoms with Crippen LogP contribution in [0.5, 0.6) is 0 Å². The van der Waals surface area contributed by atoms with E-state index >= 15 is 0 Å². The maximum atomic E-state index is 13.0. The highest BCUT2D eigenvalue weighted by Gasteiger charge is 2.69. The number of alkyl halides is 6. The van der Waals surface area contributed by atoms with Crippen molar-refractivity contribution in [2.24, 2.45) is 11.3 Å². The Morgan fingerprint density at radius 3 is 1.87 bits per heavy atom. The molecule has 0 aromatic heterocycles. The van der Waals surface area contributed by atoms with Gasteiger partial charge in [0.2, 0.25) is 0 Å². The Kier molecular flexibility index (Phi) is 7.02. The number of esters is 1. The molecule has 0 radical (unpaired) electrons. The van der Waals surface area contributed by atoms with Crippen LogP contribution < -0.4 is 0 Å². The van der Waals surface area contributed by atoms with E-state index in [9.17, 15) is 31.1 Å². The molecule has 0 unspecified atom stereocenters. The predicted molar refractivity (Wildman–Crippen MR) is 107 cm³/mol. The van der Waals surface area contributed by atoms with E-state index < -0.39 is 49.7 Å². The van der Waals surface area contributed by atoms with E-state index in [-0.39, 0.29) is 11.5 Å². The second-order valence-corrected chi connectivity index (χ2v) is 15.6. The third-order valence-corrected chi connectivity index (χ3v) is 12.1. The van der Waals surface area contributed by atoms with Crippen molar-refractivity contribution in [1.29, 1.82) is 0 Å². The van der Waals surface area contributed by atoms with Gasteiger partial charge in [-0.25, -0.2) is 0 Å². The molecular formula is C21H34F6O3Si. The molecule has 0 spiro atoms. The van der Waals surface area contributed by atoms with E-state index in [1.54, 1.807) is 0 Å². The molecule has 3 atom stereocenters. The topological polar surface area (TPSA) is 35.5 Å². The van der Waals surface area contributed by atoms with Gasteiger partial charge in [-0.05, 0) is 42.8 Å². The van der Waals surface area contributed by atoms with Crippen LogP contribution in [0.2, 0.25) is 18.1 Å². The zero-order chi connectivity index (χ0) is 24.1. The molecule has 0 aromatic carbocycles. The van der Waals surface area contributed by atoms with Crippen LogP contribution in [0.3, 0.4) is 0 Å². The van der Waals surface area contributed by atoms with Gasteiger partial charge in [0.05, 0.1) is 11.5 Å². The van der Waals surface area contributed by atoms with Gasteiger partial charge >= 0.3 is 18.3 Å². The van der Waals surface area contributed by atoms with E-state index in [2.05, 4.69) is 4.74 Å². The maximum Gasteiger partial charge on any atom is 0.434 e. The SMILES string of the molecule is CC(C)(C)[Si](C)(C)O[C@]12CCCCCC[C@@]1(C)C[C@@H]2C(=O)OC(C(F)(F)F)C(F)(F)F. The lowest BCUT2D eigenvalue weighted by molar-refractivity contribution is -0.319. The van der Waals surface area contributed by atoms with Crippen LogP contribution in [0.1, 0.15) is 72.6 Å². The number of ether oxygens (including phenoxy) is 1. The molecule has 3 nitrogen and oxygen atoms in total. The summed E-state index contributed by atoms with van der Waals surface area (Å²) in [5, 5.41) is -0.241. The highest BCUT2D eigenvalue weighted by atomic mass is 28.4. The first-order valence-corrected chi connectivity index (χ1v) is 13.7. The Morgan fingerprint density at radius 1 is 0.935 bits per heavy atom. The highest BCUT2D eigenvalue weighted by Crippen LogP contribution is 2.64. The molecule has 0 heterocycles. The van der Waals surface area contributed by atoms with Crippen LogP contribution in [0, 0.1) is 11.3 Å². The molecule has 182 valence electrons. The highest BCUT2D eigenvalue weighted by molar-refractivity contribution is 6.74. The van der Waals surface area contributed by atoms with Gasteiger partial charge in [0, 0.05) is 0 Å². The second kappa shape index (κ2) is 8.22. The number of rotatable bonds is 4. The summed E-state index contributed by atoms with van der Waals surface area (Å²) >= 11 is 0. The van der Waals surface area contributed by atoms with Crippen LogP contribution in [-0.2, 0) is 14.0 Å². The van der Waals surface area contributed by atoms with Crippen molar-refractivity contribution in [2.75, 3.05) is 0 Å². The first-order chi connectivity index (χ1) is 13.8. The lowest BCUT2D eigenvalue weighted by Crippen LogP contribution is -2.71. The van der Waals surface area contributed by atoms with Gasteiger partial charge in [-0.1, -0.05) is 53.4 Å². The molecule has 0 bridgehead atoms. The van der Waals surface area contributed by atoms with Gasteiger partial charge in [0.25, 0.3) is 6.10 Å². The molecule has 0 amide bonds. The quantitative estimate of drug-likeness (QED) is 0.245. The Bertz CT molecular complexity index is 655. The van der Waals surface area contributed by atoms with Crippen LogP contribution in [0.4, 0.5) is 26.3 Å². The fourth-order valence-corrected chi connectivity index (χ4v) is 6.48. The van der Waals surface area contributed by atoms with E-state index in [0.717, 1.165) is 19.3 Å². The Labute approximate surface area is 181 Å². The lowest BCUT2D eigenvalue weighted by Gasteiger charge is -2.65. The summed E-state index contributed by atoms with van der Waals surface area (Å²) in [6.07, 6.45) is -10.8. The standard InChI is InChI=1S/C21H34F6O3Si/c1-17(2,3)31(5,6)30-19-12-10-8-7-9-11-18(19,4)13-14(19)15(28)29-16(20(22,23)24)21(25,26)27/h14,16H,7-13H2,1-6H3/t14-,18+,19+/m1/s1. The van der Waals surface area contributed by atoms with Gasteiger partial charge in [-0.2, -0.15) is 26.3 Å². The van der Waals surface area contributed by atoms with E-state index in [1.807, 2.05) is 40.8 Å². The fourth-order valence-electron chi connectivity index (χ4n) is 4.77. The number of hydrogen-bond donors (Lipinski definition) is 0. The van der Waals surface area contributed by atoms with Gasteiger partial charge in [-0.15, -0.1) is 0 Å². The zero-order valence-corrected chi connectivity index (χ0v) is 20.1. The molecule has 31 heavy (non-hydrogen) atoms. The molecule has 0 N–H and O–H groups in total. The summed E-state index contributed by atoms with van der Waals surface area (Å²) in [5.41, 5.74) is -1.59. The average molecular weight is 477 g/mol. The minimum absolute atomic E-state index is 0.170. The van der Waals surface area contributed by atoms with Gasteiger partial charge in [0.15, 0.2) is 8.32 Å². The van der Waals surface area contributed by atoms with Crippen LogP contribution in [0.15, 0.2) is 0 Å². The molecule has 0 aliphatic heterocycles. The van der Waals surface area contributed by atoms with E-state index in [1.165, 1.54) is 0 Å². The van der Waals surface area contributed by atoms with Gasteiger partial charge in [0.1, 0.15) is 0 Å². The van der Waals surface area contributed by atoms with Crippen molar-refractivity contribution in [1.82, 2.24) is 0 Å². The first kappa shape index (κ1) is 26.5. The molecule has 2 aliphatic rings. The third kappa shape index (κ3) is 5.09. The molecule has 0 saturated heterocycles. The Hall–Kier alpha value is -0.773. The van der Waals surface area contributed by atoms with Crippen molar-refractivity contribution >= 4 is 14.3 Å². The number of halogens is 6. The van der Waals surface area contributed by atoms with E-state index in [0.29, 0.717) is 19.3 Å². The number of carbonyl (C=O) groups is 1. The predicted octanol–water partition coefficient (Wildman–Crippen LogP) is 7.16. The van der Waals surface area contributed by atoms with Crippen molar-refractivity contribution in [3.8, 4) is 0 Å². The molecule has 0 aromatic rings. The maximum absolute atomic E-state index is 13.0. The monoisotopic (exact) mass is 476 g/mol. The molecule has 2 aliphatic carbocycles. The summed E-state index contributed by atoms with van der Waals surface area (Å²) < 4.78 is 88.8. The number of hydrogen-bond acceptors (Lipinski definition) is 3. The molecule has 2 rings (SSSR count). The van der Waals surface area contributed by atoms with Crippen molar-refractivity contribution < 1.29 is 40.3 Å². The molecule has 2 fully saturated rings. The van der Waals surface area contributed by atoms with Crippen LogP contribution in [-0.4, -0.2) is 38.3 Å². The molecule has 10 heteroatoms. The van der Waals surface area contributed by atoms with Crippen molar-refractivity contribution in [3.05, 3.63) is 0 Å². The normalized spacial score (nSPS) is 30.8. The zero-order valence-electron chi connectivity index (χ0n) is 19.1. The second-order valence-electron chi connectivity index (χ2n) is 10.9. The smallest absolute Gasteiger partial charge is 0.434 e. The number of fused-ring (bicyclic) bond motifs is 1. The lowest BCUT2D eigenvalue weighted by atomic mass is 9.47. The summed E-state index contributed by atoms with van der Waals surface area (Å²) in [6.45, 7) is 11.9. The third-order valence-electron chi connectivity index (χ3n) is 7.62. The van der Waals surface area contributed by atoms with Gasteiger partial charge < -0.3 is 9.16 Å². The summed E-state index contributed by atoms with van der Waals surface area (Å²) in [6, 6.07) is 0. The average Bonchev–Trinajstić information content (AvgIpc) is 2.55. The minimum Gasteiger partial charge on any atom is -0.442 e. The first-order valence-electron chi connectivity index (χ1n) is 10.8. The number of carbonyl (C=O) groups excluding carboxylic acids is 1. The van der Waals surface area contributed by atoms with Crippen LogP contribution >= 0.6 is 0 Å². The molecular weight excluding hydrogens is 442 g/mol. The van der Waals surface area contributed by atoms with Crippen molar-refractivity contribution in [2.45, 2.75) is 115 Å². The van der Waals surface area contributed by atoms with Crippen LogP contribution in [0.25, 0.3) is 0 Å². The fraction of sp³-hybridized carbons (Fsp3) is 0.952. The minimum atomic E-state index is -5.73. The Morgan fingerprint density at radius 2 is 1.42 bits per heavy atom. The largest absolute Gasteiger partial charge is 0.442 e. The van der Waals surface area contributed by atoms with Crippen molar-refractivity contribution in [3.63, 3.8) is 0 Å². The molecule has 2 saturated carbocycles. The van der Waals surface area contributed by atoms with E-state index in [4.69, 9.17) is 4.43 Å².